The molecule has 0 saturated heterocycles. The molecule has 0 spiro atoms. The number of ether oxygens (including phenoxy) is 4. The van der Waals surface area contributed by atoms with Gasteiger partial charge in [-0.3, -0.25) is 14.2 Å². The minimum absolute atomic E-state index is 0.0987. The lowest BCUT2D eigenvalue weighted by Gasteiger charge is -2.14. The Balaban J connectivity index is 1.29. The van der Waals surface area contributed by atoms with Gasteiger partial charge in [0.15, 0.2) is 28.2 Å². The lowest BCUT2D eigenvalue weighted by atomic mass is 10.1. The summed E-state index contributed by atoms with van der Waals surface area (Å²) in [5, 5.41) is 4.52. The molecule has 208 valence electrons. The Labute approximate surface area is 240 Å². The van der Waals surface area contributed by atoms with Gasteiger partial charge < -0.3 is 24.3 Å². The lowest BCUT2D eigenvalue weighted by molar-refractivity contribution is -0.121. The molecule has 0 bridgehead atoms. The highest BCUT2D eigenvalue weighted by molar-refractivity contribution is 7.98. The summed E-state index contributed by atoms with van der Waals surface area (Å²) in [5.74, 6) is 2.77. The molecule has 0 fully saturated rings. The average molecular weight is 582 g/mol. The van der Waals surface area contributed by atoms with Gasteiger partial charge in [-0.05, 0) is 47.9 Å². The van der Waals surface area contributed by atoms with Crippen LogP contribution in [0, 0.1) is 0 Å². The summed E-state index contributed by atoms with van der Waals surface area (Å²) in [4.78, 5) is 31.1. The molecule has 3 aromatic carbocycles. The monoisotopic (exact) mass is 581 g/mol. The third-order valence-electron chi connectivity index (χ3n) is 6.44. The summed E-state index contributed by atoms with van der Waals surface area (Å²) in [6, 6.07) is 16.6. The number of aromatic nitrogens is 2. The number of nitrogens with one attached hydrogen (secondary N) is 1. The maximum atomic E-state index is 13.6. The van der Waals surface area contributed by atoms with E-state index in [4.69, 9.17) is 35.5 Å². The van der Waals surface area contributed by atoms with E-state index in [0.717, 1.165) is 11.1 Å². The highest BCUT2D eigenvalue weighted by Crippen LogP contribution is 2.35. The van der Waals surface area contributed by atoms with Crippen LogP contribution in [0.1, 0.15) is 17.5 Å². The number of carbonyl (C=O) groups excluding carboxylic acids is 1. The van der Waals surface area contributed by atoms with Crippen LogP contribution in [0.25, 0.3) is 10.9 Å². The molecule has 0 aliphatic carbocycles. The summed E-state index contributed by atoms with van der Waals surface area (Å²) >= 11 is 7.44. The molecule has 40 heavy (non-hydrogen) atoms. The molecule has 0 atom stereocenters. The van der Waals surface area contributed by atoms with Crippen LogP contribution in [0.4, 0.5) is 0 Å². The third kappa shape index (κ3) is 6.29. The van der Waals surface area contributed by atoms with Gasteiger partial charge in [0, 0.05) is 36.4 Å². The molecule has 11 heteroatoms. The zero-order valence-electron chi connectivity index (χ0n) is 22.1. The van der Waals surface area contributed by atoms with Crippen LogP contribution in [0.15, 0.2) is 64.5 Å². The van der Waals surface area contributed by atoms with Gasteiger partial charge in [0.1, 0.15) is 0 Å². The van der Waals surface area contributed by atoms with Crippen molar-refractivity contribution in [2.45, 2.75) is 30.3 Å². The number of halogens is 1. The Bertz CT molecular complexity index is 1590. The second-order valence-corrected chi connectivity index (χ2v) is 10.4. The van der Waals surface area contributed by atoms with Gasteiger partial charge in [-0.15, -0.1) is 0 Å². The van der Waals surface area contributed by atoms with Crippen molar-refractivity contribution in [3.05, 3.63) is 81.1 Å². The Morgan fingerprint density at radius 2 is 1.75 bits per heavy atom. The summed E-state index contributed by atoms with van der Waals surface area (Å²) < 4.78 is 23.1. The molecule has 5 rings (SSSR count). The molecule has 1 amide bonds. The molecule has 1 N–H and O–H groups in total. The normalized spacial score (nSPS) is 12.0. The van der Waals surface area contributed by atoms with E-state index in [0.29, 0.717) is 62.8 Å². The first-order valence-electron chi connectivity index (χ1n) is 12.6. The van der Waals surface area contributed by atoms with E-state index in [1.54, 1.807) is 30.9 Å². The predicted octanol–water partition coefficient (Wildman–Crippen LogP) is 4.84. The SMILES string of the molecule is COc1ccc(CCNC(=O)CCn2c(SCc3ccc(Cl)cc3)nc3cc4c(cc3c2=O)OCO4)cc1OC. The van der Waals surface area contributed by atoms with Crippen molar-refractivity contribution < 1.29 is 23.7 Å². The predicted molar refractivity (Wildman–Crippen MR) is 154 cm³/mol. The van der Waals surface area contributed by atoms with Crippen LogP contribution in [-0.2, 0) is 23.5 Å². The van der Waals surface area contributed by atoms with Crippen LogP contribution >= 0.6 is 23.4 Å². The molecule has 1 aliphatic rings. The van der Waals surface area contributed by atoms with Crippen molar-refractivity contribution in [3.63, 3.8) is 0 Å². The van der Waals surface area contributed by atoms with Crippen molar-refractivity contribution in [1.82, 2.24) is 14.9 Å². The first-order valence-corrected chi connectivity index (χ1v) is 14.0. The Hall–Kier alpha value is -3.89. The topological polar surface area (TPSA) is 101 Å². The number of nitrogens with zero attached hydrogens (tertiary/aromatic N) is 2. The molecule has 0 radical (unpaired) electrons. The number of hydrogen-bond acceptors (Lipinski definition) is 8. The Morgan fingerprint density at radius 1 is 1.02 bits per heavy atom. The van der Waals surface area contributed by atoms with E-state index in [-0.39, 0.29) is 31.2 Å². The van der Waals surface area contributed by atoms with Crippen molar-refractivity contribution in [1.29, 1.82) is 0 Å². The molecular weight excluding hydrogens is 554 g/mol. The fraction of sp³-hybridized carbons (Fsp3) is 0.276. The standard InChI is InChI=1S/C29H28ClN3O6S/c1-36-23-8-5-18(13-24(23)37-2)9-11-31-27(34)10-12-33-28(35)21-14-25-26(39-17-38-25)15-22(21)32-29(33)40-16-19-3-6-20(30)7-4-19/h3-8,13-15H,9-12,16-17H2,1-2H3,(H,31,34). The van der Waals surface area contributed by atoms with Gasteiger partial charge in [0.05, 0.1) is 25.1 Å². The second-order valence-electron chi connectivity index (χ2n) is 9.03. The first kappa shape index (κ1) is 27.7. The van der Waals surface area contributed by atoms with Crippen molar-refractivity contribution >= 4 is 40.2 Å². The second kappa shape index (κ2) is 12.5. The van der Waals surface area contributed by atoms with Crippen LogP contribution < -0.4 is 29.8 Å². The fourth-order valence-electron chi connectivity index (χ4n) is 4.31. The van der Waals surface area contributed by atoms with E-state index < -0.39 is 0 Å². The summed E-state index contributed by atoms with van der Waals surface area (Å²) in [7, 11) is 3.17. The average Bonchev–Trinajstić information content (AvgIpc) is 3.43. The molecule has 1 aliphatic heterocycles. The minimum atomic E-state index is -0.236. The van der Waals surface area contributed by atoms with Gasteiger partial charge in [-0.1, -0.05) is 41.6 Å². The van der Waals surface area contributed by atoms with Crippen LogP contribution in [-0.4, -0.2) is 43.0 Å². The number of benzene rings is 3. The smallest absolute Gasteiger partial charge is 0.262 e. The number of rotatable bonds is 11. The zero-order chi connectivity index (χ0) is 28.1. The molecule has 0 unspecified atom stereocenters. The summed E-state index contributed by atoms with van der Waals surface area (Å²) in [6.07, 6.45) is 0.747. The zero-order valence-corrected chi connectivity index (χ0v) is 23.6. The maximum absolute atomic E-state index is 13.6. The molecule has 4 aromatic rings. The number of carbonyl (C=O) groups is 1. The highest BCUT2D eigenvalue weighted by Gasteiger charge is 2.20. The van der Waals surface area contributed by atoms with Crippen LogP contribution in [0.5, 0.6) is 23.0 Å². The molecule has 1 aromatic heterocycles. The van der Waals surface area contributed by atoms with Crippen LogP contribution in [0.3, 0.4) is 0 Å². The van der Waals surface area contributed by atoms with Crippen LogP contribution in [0.2, 0.25) is 5.02 Å². The van der Waals surface area contributed by atoms with E-state index in [1.165, 1.54) is 11.8 Å². The van der Waals surface area contributed by atoms with E-state index in [2.05, 4.69) is 5.32 Å². The van der Waals surface area contributed by atoms with Gasteiger partial charge in [-0.25, -0.2) is 4.98 Å². The Kier molecular flexibility index (Phi) is 8.66. The molecule has 9 nitrogen and oxygen atoms in total. The van der Waals surface area contributed by atoms with E-state index in [9.17, 15) is 9.59 Å². The van der Waals surface area contributed by atoms with Gasteiger partial charge >= 0.3 is 0 Å². The Morgan fingerprint density at radius 3 is 2.50 bits per heavy atom. The largest absolute Gasteiger partial charge is 0.493 e. The van der Waals surface area contributed by atoms with Gasteiger partial charge in [-0.2, -0.15) is 0 Å². The fourth-order valence-corrected chi connectivity index (χ4v) is 5.42. The number of amides is 1. The first-order chi connectivity index (χ1) is 19.4. The summed E-state index contributed by atoms with van der Waals surface area (Å²) in [6.45, 7) is 0.726. The number of hydrogen-bond donors (Lipinski definition) is 1. The van der Waals surface area contributed by atoms with Crippen molar-refractivity contribution in [2.24, 2.45) is 0 Å². The lowest BCUT2D eigenvalue weighted by Crippen LogP contribution is -2.30. The number of fused-ring (bicyclic) bond motifs is 2. The van der Waals surface area contributed by atoms with E-state index >= 15 is 0 Å². The minimum Gasteiger partial charge on any atom is -0.493 e. The van der Waals surface area contributed by atoms with Gasteiger partial charge in [0.25, 0.3) is 5.56 Å². The highest BCUT2D eigenvalue weighted by atomic mass is 35.5. The number of methoxy groups -OCH3 is 2. The van der Waals surface area contributed by atoms with E-state index in [1.807, 2.05) is 42.5 Å². The maximum Gasteiger partial charge on any atom is 0.262 e. The van der Waals surface area contributed by atoms with Gasteiger partial charge in [0.2, 0.25) is 12.7 Å². The quantitative estimate of drug-likeness (QED) is 0.198. The third-order valence-corrected chi connectivity index (χ3v) is 7.74. The number of thioether (sulfide) groups is 1. The van der Waals surface area contributed by atoms with Crippen molar-refractivity contribution in [2.75, 3.05) is 27.6 Å². The summed E-state index contributed by atoms with van der Waals surface area (Å²) in [5.41, 5.74) is 2.32. The molecular formula is C29H28ClN3O6S. The molecule has 2 heterocycles. The van der Waals surface area contributed by atoms with Crippen molar-refractivity contribution in [3.8, 4) is 23.0 Å². The molecule has 0 saturated carbocycles.